The smallest absolute Gasteiger partial charge is 0.101 e. The topological polar surface area (TPSA) is 76.0 Å². The van der Waals surface area contributed by atoms with E-state index in [1.807, 2.05) is 5.01 Å². The molecular formula is C7H14N2O3. The van der Waals surface area contributed by atoms with Gasteiger partial charge in [-0.15, -0.1) is 0 Å². The third-order valence-corrected chi connectivity index (χ3v) is 2.67. The van der Waals surface area contributed by atoms with Crippen LogP contribution in [0.2, 0.25) is 0 Å². The molecule has 4 N–H and O–H groups in total. The number of rotatable bonds is 0. The molecule has 0 amide bonds. The van der Waals surface area contributed by atoms with E-state index in [-0.39, 0.29) is 6.04 Å². The number of aliphatic hydroxyl groups is 3. The first kappa shape index (κ1) is 8.40. The number of hydrazine groups is 1. The summed E-state index contributed by atoms with van der Waals surface area (Å²) in [7, 11) is 0. The Balaban J connectivity index is 2.11. The first-order valence-electron chi connectivity index (χ1n) is 4.24. The molecule has 70 valence electrons. The van der Waals surface area contributed by atoms with Crippen molar-refractivity contribution in [3.05, 3.63) is 0 Å². The Kier molecular flexibility index (Phi) is 2.05. The summed E-state index contributed by atoms with van der Waals surface area (Å²) < 4.78 is 0. The molecule has 0 saturated carbocycles. The van der Waals surface area contributed by atoms with Gasteiger partial charge in [0.15, 0.2) is 0 Å². The monoisotopic (exact) mass is 174 g/mol. The van der Waals surface area contributed by atoms with Crippen LogP contribution in [-0.2, 0) is 0 Å². The van der Waals surface area contributed by atoms with Crippen LogP contribution < -0.4 is 5.43 Å². The Morgan fingerprint density at radius 1 is 1.17 bits per heavy atom. The zero-order valence-corrected chi connectivity index (χ0v) is 6.72. The molecule has 4 unspecified atom stereocenters. The van der Waals surface area contributed by atoms with E-state index >= 15 is 0 Å². The summed E-state index contributed by atoms with van der Waals surface area (Å²) in [6.45, 7) is 1.10. The normalized spacial score (nSPS) is 49.2. The highest BCUT2D eigenvalue weighted by Gasteiger charge is 2.44. The number of nitrogens with one attached hydrogen (secondary N) is 1. The van der Waals surface area contributed by atoms with E-state index in [0.29, 0.717) is 13.0 Å². The summed E-state index contributed by atoms with van der Waals surface area (Å²) in [5, 5.41) is 30.1. The van der Waals surface area contributed by atoms with Crippen LogP contribution in [0.4, 0.5) is 0 Å². The fourth-order valence-electron chi connectivity index (χ4n) is 1.95. The lowest BCUT2D eigenvalue weighted by molar-refractivity contribution is -0.102. The minimum atomic E-state index is -0.830. The van der Waals surface area contributed by atoms with E-state index in [1.54, 1.807) is 0 Å². The molecule has 2 fully saturated rings. The average Bonchev–Trinajstić information content (AvgIpc) is 2.41. The standard InChI is InChI=1S/C7H14N2O3/c10-4-1-2-9-6(4)7(12)5(11)3-8-9/h4-8,10-12H,1-3H2. The van der Waals surface area contributed by atoms with Gasteiger partial charge in [0.2, 0.25) is 0 Å². The van der Waals surface area contributed by atoms with Gasteiger partial charge in [0, 0.05) is 13.1 Å². The van der Waals surface area contributed by atoms with Crippen molar-refractivity contribution in [1.82, 2.24) is 10.4 Å². The van der Waals surface area contributed by atoms with Gasteiger partial charge >= 0.3 is 0 Å². The Bertz CT molecular complexity index is 178. The second-order valence-corrected chi connectivity index (χ2v) is 3.46. The molecule has 4 atom stereocenters. The van der Waals surface area contributed by atoms with Gasteiger partial charge in [-0.1, -0.05) is 0 Å². The Morgan fingerprint density at radius 2 is 1.92 bits per heavy atom. The van der Waals surface area contributed by atoms with E-state index in [4.69, 9.17) is 0 Å². The van der Waals surface area contributed by atoms with E-state index < -0.39 is 18.3 Å². The Morgan fingerprint density at radius 3 is 2.67 bits per heavy atom. The zero-order chi connectivity index (χ0) is 8.72. The molecule has 5 nitrogen and oxygen atoms in total. The van der Waals surface area contributed by atoms with Gasteiger partial charge < -0.3 is 15.3 Å². The van der Waals surface area contributed by atoms with Crippen molar-refractivity contribution in [1.29, 1.82) is 0 Å². The first-order chi connectivity index (χ1) is 5.70. The molecule has 12 heavy (non-hydrogen) atoms. The maximum absolute atomic E-state index is 9.53. The molecule has 0 aromatic rings. The van der Waals surface area contributed by atoms with Crippen molar-refractivity contribution in [2.45, 2.75) is 30.8 Å². The third kappa shape index (κ3) is 1.14. The summed E-state index contributed by atoms with van der Waals surface area (Å²) in [6.07, 6.45) is -1.47. The van der Waals surface area contributed by atoms with Gasteiger partial charge in [0.25, 0.3) is 0 Å². The van der Waals surface area contributed by atoms with Gasteiger partial charge in [-0.05, 0) is 6.42 Å². The molecule has 0 aliphatic carbocycles. The molecule has 0 radical (unpaired) electrons. The fraction of sp³-hybridized carbons (Fsp3) is 1.00. The van der Waals surface area contributed by atoms with Crippen LogP contribution >= 0.6 is 0 Å². The molecule has 2 heterocycles. The average molecular weight is 174 g/mol. The minimum Gasteiger partial charge on any atom is -0.391 e. The van der Waals surface area contributed by atoms with Crippen LogP contribution in [-0.4, -0.2) is 57.8 Å². The largest absolute Gasteiger partial charge is 0.391 e. The molecule has 0 bridgehead atoms. The van der Waals surface area contributed by atoms with E-state index in [9.17, 15) is 15.3 Å². The van der Waals surface area contributed by atoms with Crippen molar-refractivity contribution in [3.63, 3.8) is 0 Å². The fourth-order valence-corrected chi connectivity index (χ4v) is 1.95. The number of fused-ring (bicyclic) bond motifs is 1. The maximum Gasteiger partial charge on any atom is 0.101 e. The summed E-state index contributed by atoms with van der Waals surface area (Å²) >= 11 is 0. The maximum atomic E-state index is 9.53. The van der Waals surface area contributed by atoms with Crippen molar-refractivity contribution in [2.24, 2.45) is 0 Å². The second kappa shape index (κ2) is 2.93. The quantitative estimate of drug-likeness (QED) is 0.331. The predicted molar refractivity (Wildman–Crippen MR) is 41.1 cm³/mol. The zero-order valence-electron chi connectivity index (χ0n) is 6.72. The molecule has 2 aliphatic heterocycles. The lowest BCUT2D eigenvalue weighted by Crippen LogP contribution is -2.62. The highest BCUT2D eigenvalue weighted by Crippen LogP contribution is 2.23. The van der Waals surface area contributed by atoms with Gasteiger partial charge in [-0.2, -0.15) is 0 Å². The SMILES string of the molecule is OC1CNN2CCC(O)C2C1O. The van der Waals surface area contributed by atoms with Crippen molar-refractivity contribution in [3.8, 4) is 0 Å². The number of hydrogen-bond acceptors (Lipinski definition) is 5. The molecule has 5 heteroatoms. The van der Waals surface area contributed by atoms with Crippen LogP contribution in [0.25, 0.3) is 0 Å². The van der Waals surface area contributed by atoms with E-state index in [0.717, 1.165) is 6.54 Å². The van der Waals surface area contributed by atoms with Gasteiger partial charge in [0.1, 0.15) is 6.10 Å². The van der Waals surface area contributed by atoms with Crippen LogP contribution in [0.5, 0.6) is 0 Å². The number of nitrogens with zero attached hydrogens (tertiary/aromatic N) is 1. The van der Waals surface area contributed by atoms with Gasteiger partial charge in [0.05, 0.1) is 18.2 Å². The minimum absolute atomic E-state index is 0.339. The Labute approximate surface area is 70.6 Å². The highest BCUT2D eigenvalue weighted by molar-refractivity contribution is 4.96. The van der Waals surface area contributed by atoms with Gasteiger partial charge in [-0.3, -0.25) is 5.43 Å². The number of hydrogen-bond donors (Lipinski definition) is 4. The summed E-state index contributed by atoms with van der Waals surface area (Å²) in [4.78, 5) is 0. The van der Waals surface area contributed by atoms with Crippen molar-refractivity contribution >= 4 is 0 Å². The molecular weight excluding hydrogens is 160 g/mol. The molecule has 2 rings (SSSR count). The van der Waals surface area contributed by atoms with Crippen LogP contribution in [0.1, 0.15) is 6.42 Å². The van der Waals surface area contributed by atoms with Gasteiger partial charge in [-0.25, -0.2) is 5.01 Å². The predicted octanol–water partition coefficient (Wildman–Crippen LogP) is -2.34. The molecule has 0 spiro atoms. The number of β-amino-alcohol motifs (C(OH)–C–C–N with tert-alkyl or cyclic N) is 1. The third-order valence-electron chi connectivity index (χ3n) is 2.67. The molecule has 0 aromatic carbocycles. The van der Waals surface area contributed by atoms with E-state index in [2.05, 4.69) is 5.43 Å². The van der Waals surface area contributed by atoms with Crippen LogP contribution in [0, 0.1) is 0 Å². The lowest BCUT2D eigenvalue weighted by atomic mass is 10.00. The summed E-state index contributed by atoms with van der Waals surface area (Å²) in [5.74, 6) is 0. The van der Waals surface area contributed by atoms with Crippen LogP contribution in [0.15, 0.2) is 0 Å². The van der Waals surface area contributed by atoms with E-state index in [1.165, 1.54) is 0 Å². The van der Waals surface area contributed by atoms with Crippen molar-refractivity contribution in [2.75, 3.05) is 13.1 Å². The molecule has 2 aliphatic rings. The number of aliphatic hydroxyl groups excluding tert-OH is 3. The molecule has 0 aromatic heterocycles. The lowest BCUT2D eigenvalue weighted by Gasteiger charge is -2.38. The summed E-state index contributed by atoms with van der Waals surface area (Å²) in [6, 6.07) is -0.339. The van der Waals surface area contributed by atoms with Crippen molar-refractivity contribution < 1.29 is 15.3 Å². The van der Waals surface area contributed by atoms with Crippen LogP contribution in [0.3, 0.4) is 0 Å². The summed E-state index contributed by atoms with van der Waals surface area (Å²) in [5.41, 5.74) is 2.95. The second-order valence-electron chi connectivity index (χ2n) is 3.46. The highest BCUT2D eigenvalue weighted by atomic mass is 16.3. The molecule has 2 saturated heterocycles. The first-order valence-corrected chi connectivity index (χ1v) is 4.24. The Hall–Kier alpha value is -0.200.